The van der Waals surface area contributed by atoms with Gasteiger partial charge >= 0.3 is 0 Å². The van der Waals surface area contributed by atoms with Crippen molar-refractivity contribution in [2.24, 2.45) is 0 Å². The molecule has 0 radical (unpaired) electrons. The lowest BCUT2D eigenvalue weighted by Gasteiger charge is -2.28. The number of fused-ring (bicyclic) bond motifs is 1. The normalized spacial score (nSPS) is 18.7. The number of benzene rings is 2. The largest absolute Gasteiger partial charge is 0.391 e. The summed E-state index contributed by atoms with van der Waals surface area (Å²) in [5.41, 5.74) is 1.37. The molecule has 2 N–H and O–H groups in total. The monoisotopic (exact) mass is 535 g/mol. The van der Waals surface area contributed by atoms with E-state index in [0.717, 1.165) is 27.9 Å². The van der Waals surface area contributed by atoms with Gasteiger partial charge in [-0.05, 0) is 49.2 Å². The molecule has 0 amide bonds. The number of aliphatic hydroxyl groups is 1. The lowest BCUT2D eigenvalue weighted by Crippen LogP contribution is -2.46. The summed E-state index contributed by atoms with van der Waals surface area (Å²) in [6, 6.07) is 11.2. The van der Waals surface area contributed by atoms with Crippen molar-refractivity contribution in [1.82, 2.24) is 14.9 Å². The number of hydrogen-bond acceptors (Lipinski definition) is 6. The molecule has 2 unspecified atom stereocenters. The Balaban J connectivity index is 1.51. The number of aromatic nitrogens is 2. The van der Waals surface area contributed by atoms with E-state index in [2.05, 4.69) is 26.2 Å². The van der Waals surface area contributed by atoms with Gasteiger partial charge in [0.05, 0.1) is 34.9 Å². The Bertz CT molecular complexity index is 1190. The number of nitrogens with one attached hydrogen (secondary N) is 1. The van der Waals surface area contributed by atoms with Crippen LogP contribution in [0, 0.1) is 0 Å². The summed E-state index contributed by atoms with van der Waals surface area (Å²) >= 11 is 11.4. The zero-order valence-electron chi connectivity index (χ0n) is 17.3. The fraction of sp³-hybridized carbons (Fsp3) is 0.348. The second-order valence-electron chi connectivity index (χ2n) is 7.91. The number of carbonyl (C=O) groups is 1. The molecule has 1 aromatic heterocycles. The van der Waals surface area contributed by atoms with Gasteiger partial charge in [-0.25, -0.2) is 4.98 Å². The topological polar surface area (TPSA) is 84.2 Å². The van der Waals surface area contributed by atoms with E-state index in [4.69, 9.17) is 11.6 Å². The third-order valence-corrected chi connectivity index (χ3v) is 7.61. The van der Waals surface area contributed by atoms with Gasteiger partial charge in [0.15, 0.2) is 5.78 Å². The lowest BCUT2D eigenvalue weighted by molar-refractivity contribution is -0.121. The van der Waals surface area contributed by atoms with Crippen molar-refractivity contribution in [2.75, 3.05) is 6.54 Å². The summed E-state index contributed by atoms with van der Waals surface area (Å²) in [4.78, 5) is 30.7. The Labute approximate surface area is 203 Å². The molecule has 0 aliphatic carbocycles. The number of piperidine rings is 1. The maximum Gasteiger partial charge on any atom is 0.261 e. The smallest absolute Gasteiger partial charge is 0.261 e. The molecular weight excluding hydrogens is 514 g/mol. The molecule has 9 heteroatoms. The fourth-order valence-electron chi connectivity index (χ4n) is 3.77. The molecule has 1 fully saturated rings. The second-order valence-corrected chi connectivity index (χ2v) is 10.2. The Hall–Kier alpha value is -1.71. The highest BCUT2D eigenvalue weighted by molar-refractivity contribution is 9.10. The van der Waals surface area contributed by atoms with Gasteiger partial charge in [-0.2, -0.15) is 0 Å². The molecule has 168 valence electrons. The summed E-state index contributed by atoms with van der Waals surface area (Å²) < 4.78 is 2.35. The SMILES string of the molecule is O=C(CC1NCCCC1O)Cn1cnc2cc(Cl)c(SCc3ccc(Br)cc3)cc2c1=O. The third kappa shape index (κ3) is 5.61. The number of Topliss-reactive ketones (excluding diaryl/α,β-unsaturated/α-hetero) is 1. The molecular formula is C23H23BrClN3O3S. The first kappa shape index (κ1) is 23.4. The minimum Gasteiger partial charge on any atom is -0.391 e. The molecule has 0 spiro atoms. The van der Waals surface area contributed by atoms with E-state index in [9.17, 15) is 14.7 Å². The van der Waals surface area contributed by atoms with Crippen molar-refractivity contribution in [3.63, 3.8) is 0 Å². The van der Waals surface area contributed by atoms with Crippen LogP contribution in [-0.2, 0) is 17.1 Å². The van der Waals surface area contributed by atoms with Gasteiger partial charge in [-0.3, -0.25) is 14.2 Å². The highest BCUT2D eigenvalue weighted by Gasteiger charge is 2.25. The van der Waals surface area contributed by atoms with Gasteiger partial charge in [0.2, 0.25) is 0 Å². The molecule has 2 heterocycles. The van der Waals surface area contributed by atoms with Crippen LogP contribution in [0.2, 0.25) is 5.02 Å². The van der Waals surface area contributed by atoms with E-state index in [1.54, 1.807) is 23.9 Å². The number of hydrogen-bond donors (Lipinski definition) is 2. The third-order valence-electron chi connectivity index (χ3n) is 5.53. The van der Waals surface area contributed by atoms with Crippen LogP contribution >= 0.6 is 39.3 Å². The van der Waals surface area contributed by atoms with Crippen LogP contribution in [0.3, 0.4) is 0 Å². The maximum atomic E-state index is 13.0. The highest BCUT2D eigenvalue weighted by atomic mass is 79.9. The van der Waals surface area contributed by atoms with Crippen molar-refractivity contribution in [3.8, 4) is 0 Å². The van der Waals surface area contributed by atoms with Crippen molar-refractivity contribution in [3.05, 3.63) is 68.1 Å². The molecule has 4 rings (SSSR count). The molecule has 1 aliphatic rings. The van der Waals surface area contributed by atoms with E-state index in [0.29, 0.717) is 28.1 Å². The van der Waals surface area contributed by atoms with Gasteiger partial charge in [-0.15, -0.1) is 11.8 Å². The first-order valence-corrected chi connectivity index (χ1v) is 12.6. The zero-order valence-corrected chi connectivity index (χ0v) is 20.4. The van der Waals surface area contributed by atoms with Gasteiger partial charge < -0.3 is 10.4 Å². The average Bonchev–Trinajstić information content (AvgIpc) is 2.77. The number of aliphatic hydroxyl groups excluding tert-OH is 1. The summed E-state index contributed by atoms with van der Waals surface area (Å²) in [5.74, 6) is 0.591. The summed E-state index contributed by atoms with van der Waals surface area (Å²) in [6.07, 6.45) is 2.61. The molecule has 6 nitrogen and oxygen atoms in total. The van der Waals surface area contributed by atoms with Crippen LogP contribution in [0.15, 0.2) is 56.9 Å². The molecule has 2 atom stereocenters. The van der Waals surface area contributed by atoms with E-state index < -0.39 is 6.10 Å². The van der Waals surface area contributed by atoms with Crippen molar-refractivity contribution >= 4 is 56.0 Å². The van der Waals surface area contributed by atoms with Crippen molar-refractivity contribution in [1.29, 1.82) is 0 Å². The van der Waals surface area contributed by atoms with Crippen LogP contribution in [0.5, 0.6) is 0 Å². The molecule has 3 aromatic rings. The van der Waals surface area contributed by atoms with Crippen molar-refractivity contribution < 1.29 is 9.90 Å². The molecule has 1 aliphatic heterocycles. The molecule has 2 aromatic carbocycles. The van der Waals surface area contributed by atoms with Crippen LogP contribution < -0.4 is 10.9 Å². The second kappa shape index (κ2) is 10.5. The number of ketones is 1. The number of halogens is 2. The lowest BCUT2D eigenvalue weighted by atomic mass is 9.97. The van der Waals surface area contributed by atoms with Gasteiger partial charge in [0, 0.05) is 27.6 Å². The molecule has 32 heavy (non-hydrogen) atoms. The first-order chi connectivity index (χ1) is 15.4. The van der Waals surface area contributed by atoms with Crippen LogP contribution in [0.4, 0.5) is 0 Å². The van der Waals surface area contributed by atoms with E-state index in [1.165, 1.54) is 10.9 Å². The number of carbonyl (C=O) groups excluding carboxylic acids is 1. The van der Waals surface area contributed by atoms with Crippen LogP contribution in [0.25, 0.3) is 10.9 Å². The average molecular weight is 537 g/mol. The summed E-state index contributed by atoms with van der Waals surface area (Å²) in [5, 5.41) is 14.2. The zero-order chi connectivity index (χ0) is 22.7. The van der Waals surface area contributed by atoms with E-state index in [1.807, 2.05) is 24.3 Å². The maximum absolute atomic E-state index is 13.0. The van der Waals surface area contributed by atoms with Gasteiger partial charge in [0.25, 0.3) is 5.56 Å². The Morgan fingerprint density at radius 1 is 1.31 bits per heavy atom. The Kier molecular flexibility index (Phi) is 7.68. The molecule has 1 saturated heterocycles. The molecule has 0 saturated carbocycles. The molecule has 0 bridgehead atoms. The minimum absolute atomic E-state index is 0.0727. The number of rotatable bonds is 7. The number of thioether (sulfide) groups is 1. The Morgan fingerprint density at radius 3 is 2.84 bits per heavy atom. The fourth-order valence-corrected chi connectivity index (χ4v) is 5.27. The van der Waals surface area contributed by atoms with Crippen LogP contribution in [-0.4, -0.2) is 39.1 Å². The minimum atomic E-state index is -0.536. The highest BCUT2D eigenvalue weighted by Crippen LogP contribution is 2.32. The van der Waals surface area contributed by atoms with Gasteiger partial charge in [0.1, 0.15) is 0 Å². The first-order valence-electron chi connectivity index (χ1n) is 10.4. The summed E-state index contributed by atoms with van der Waals surface area (Å²) in [6.45, 7) is 0.713. The predicted octanol–water partition coefficient (Wildman–Crippen LogP) is 4.18. The Morgan fingerprint density at radius 2 is 2.09 bits per heavy atom. The van der Waals surface area contributed by atoms with Crippen LogP contribution in [0.1, 0.15) is 24.8 Å². The van der Waals surface area contributed by atoms with Crippen molar-refractivity contribution in [2.45, 2.75) is 48.6 Å². The summed E-state index contributed by atoms with van der Waals surface area (Å²) in [7, 11) is 0. The van der Waals surface area contributed by atoms with E-state index >= 15 is 0 Å². The number of nitrogens with zero attached hydrogens (tertiary/aromatic N) is 2. The quantitative estimate of drug-likeness (QED) is 0.441. The van der Waals surface area contributed by atoms with Gasteiger partial charge in [-0.1, -0.05) is 39.7 Å². The van der Waals surface area contributed by atoms with E-state index in [-0.39, 0.29) is 30.3 Å². The predicted molar refractivity (Wildman–Crippen MR) is 131 cm³/mol. The standard InChI is InChI=1S/C23H23BrClN3O3S/c24-15-5-3-14(4-6-15)12-32-22-9-17-19(10-18(22)25)27-13-28(23(17)31)11-16(29)8-20-21(30)2-1-7-26-20/h3-6,9-10,13,20-21,26,30H,1-2,7-8,11-12H2.